The van der Waals surface area contributed by atoms with Crippen LogP contribution in [-0.2, 0) is 6.42 Å². The van der Waals surface area contributed by atoms with E-state index in [0.29, 0.717) is 29.9 Å². The summed E-state index contributed by atoms with van der Waals surface area (Å²) in [5, 5.41) is 22.6. The lowest BCUT2D eigenvalue weighted by molar-refractivity contribution is -0.385. The Morgan fingerprint density at radius 3 is 1.90 bits per heavy atom. The van der Waals surface area contributed by atoms with Crippen molar-refractivity contribution in [3.05, 3.63) is 110 Å². The van der Waals surface area contributed by atoms with Gasteiger partial charge in [-0.25, -0.2) is 0 Å². The highest BCUT2D eigenvalue weighted by Gasteiger charge is 2.55. The predicted molar refractivity (Wildman–Crippen MR) is 150 cm³/mol. The van der Waals surface area contributed by atoms with Crippen LogP contribution in [0.2, 0.25) is 0 Å². The van der Waals surface area contributed by atoms with Gasteiger partial charge in [0.1, 0.15) is 0 Å². The Bertz CT molecular complexity index is 1630. The van der Waals surface area contributed by atoms with Gasteiger partial charge in [0.05, 0.1) is 15.5 Å². The summed E-state index contributed by atoms with van der Waals surface area (Å²) < 4.78 is 2.01. The number of carbonyl (C=O) groups excluding carboxylic acids is 1. The molecule has 4 aliphatic rings. The average molecular weight is 536 g/mol. The lowest BCUT2D eigenvalue weighted by atomic mass is 9.48. The lowest BCUT2D eigenvalue weighted by Gasteiger charge is -2.55. The molecule has 2 heterocycles. The maximum atomic E-state index is 14.9. The highest BCUT2D eigenvalue weighted by molar-refractivity contribution is 6.07. The number of nitro groups is 2. The molecule has 4 bridgehead atoms. The molecule has 0 saturated heterocycles. The van der Waals surface area contributed by atoms with E-state index in [4.69, 9.17) is 0 Å². The molecule has 202 valence electrons. The van der Waals surface area contributed by atoms with Gasteiger partial charge in [-0.05, 0) is 97.2 Å². The Labute approximate surface area is 230 Å². The van der Waals surface area contributed by atoms with E-state index >= 15 is 0 Å². The van der Waals surface area contributed by atoms with Crippen LogP contribution in [0.15, 0.2) is 72.9 Å². The fraction of sp³-hybridized carbons (Fsp3) is 0.344. The summed E-state index contributed by atoms with van der Waals surface area (Å²) in [6, 6.07) is 18.9. The summed E-state index contributed by atoms with van der Waals surface area (Å²) in [5.74, 6) is 2.03. The van der Waals surface area contributed by atoms with Gasteiger partial charge >= 0.3 is 0 Å². The van der Waals surface area contributed by atoms with Crippen LogP contribution in [0.4, 0.5) is 11.4 Å². The molecule has 0 spiro atoms. The molecule has 0 aliphatic heterocycles. The molecule has 4 saturated carbocycles. The van der Waals surface area contributed by atoms with Gasteiger partial charge in [0.2, 0.25) is 0 Å². The smallest absolute Gasteiger partial charge is 0.269 e. The van der Waals surface area contributed by atoms with E-state index in [9.17, 15) is 25.0 Å². The van der Waals surface area contributed by atoms with Crippen LogP contribution >= 0.6 is 0 Å². The quantitative estimate of drug-likeness (QED) is 0.139. The van der Waals surface area contributed by atoms with E-state index in [1.165, 1.54) is 43.5 Å². The Kier molecular flexibility index (Phi) is 5.63. The predicted octanol–water partition coefficient (Wildman–Crippen LogP) is 7.41. The van der Waals surface area contributed by atoms with Crippen molar-refractivity contribution in [2.75, 3.05) is 0 Å². The molecule has 0 N–H and O–H groups in total. The largest absolute Gasteiger partial charge is 0.313 e. The molecule has 0 radical (unpaired) electrons. The molecule has 4 aliphatic carbocycles. The first-order valence-corrected chi connectivity index (χ1v) is 14.0. The Morgan fingerprint density at radius 2 is 1.35 bits per heavy atom. The van der Waals surface area contributed by atoms with Crippen LogP contribution < -0.4 is 0 Å². The minimum Gasteiger partial charge on any atom is -0.313 e. The second-order valence-electron chi connectivity index (χ2n) is 12.1. The molecular formula is C32H29N3O5. The summed E-state index contributed by atoms with van der Waals surface area (Å²) >= 11 is 0. The fourth-order valence-corrected chi connectivity index (χ4v) is 8.32. The normalized spacial score (nSPS) is 24.9. The minimum atomic E-state index is -0.417. The van der Waals surface area contributed by atoms with Crippen molar-refractivity contribution in [1.29, 1.82) is 0 Å². The third-order valence-electron chi connectivity index (χ3n) is 9.58. The number of aromatic nitrogens is 1. The number of nitrogens with zero attached hydrogens (tertiary/aromatic N) is 3. The molecule has 0 unspecified atom stereocenters. The Balaban J connectivity index is 1.42. The molecule has 2 aromatic carbocycles. The molecule has 4 aromatic rings. The van der Waals surface area contributed by atoms with Crippen molar-refractivity contribution in [3.8, 4) is 11.1 Å². The zero-order chi connectivity index (χ0) is 27.6. The molecule has 8 nitrogen and oxygen atoms in total. The molecule has 2 aromatic heterocycles. The van der Waals surface area contributed by atoms with E-state index in [1.807, 2.05) is 28.8 Å². The number of non-ortho nitro benzene ring substituents is 2. The number of carbonyl (C=O) groups is 1. The van der Waals surface area contributed by atoms with Gasteiger partial charge < -0.3 is 4.40 Å². The van der Waals surface area contributed by atoms with Crippen molar-refractivity contribution in [2.24, 2.45) is 23.2 Å². The first-order valence-electron chi connectivity index (χ1n) is 14.0. The number of ketones is 1. The van der Waals surface area contributed by atoms with E-state index in [-0.39, 0.29) is 22.6 Å². The summed E-state index contributed by atoms with van der Waals surface area (Å²) in [7, 11) is 0. The van der Waals surface area contributed by atoms with E-state index in [0.717, 1.165) is 47.0 Å². The topological polar surface area (TPSA) is 108 Å². The molecule has 4 fully saturated rings. The van der Waals surface area contributed by atoms with Gasteiger partial charge in [-0.1, -0.05) is 18.2 Å². The molecule has 40 heavy (non-hydrogen) atoms. The number of fused-ring (bicyclic) bond motifs is 1. The zero-order valence-corrected chi connectivity index (χ0v) is 22.0. The van der Waals surface area contributed by atoms with E-state index in [1.54, 1.807) is 24.3 Å². The number of hydrogen-bond acceptors (Lipinski definition) is 5. The molecule has 8 rings (SSSR count). The lowest BCUT2D eigenvalue weighted by Crippen LogP contribution is -2.50. The molecular weight excluding hydrogens is 506 g/mol. The van der Waals surface area contributed by atoms with Crippen LogP contribution in [0.3, 0.4) is 0 Å². The van der Waals surface area contributed by atoms with Gasteiger partial charge in [-0.2, -0.15) is 0 Å². The highest BCUT2D eigenvalue weighted by Crippen LogP contribution is 2.61. The number of Topliss-reactive ketones (excluding diaryl/α,β-unsaturated/α-hetero) is 1. The van der Waals surface area contributed by atoms with Crippen molar-refractivity contribution in [3.63, 3.8) is 0 Å². The summed E-state index contributed by atoms with van der Waals surface area (Å²) in [5.41, 5.74) is 4.62. The second-order valence-corrected chi connectivity index (χ2v) is 12.1. The molecule has 8 heteroatoms. The third kappa shape index (κ3) is 3.93. The fourth-order valence-electron chi connectivity index (χ4n) is 8.32. The van der Waals surface area contributed by atoms with Gasteiger partial charge in [0.15, 0.2) is 5.78 Å². The zero-order valence-electron chi connectivity index (χ0n) is 22.0. The second kappa shape index (κ2) is 9.11. The monoisotopic (exact) mass is 535 g/mol. The SMILES string of the molecule is O=C(c1c(-c2ccc([N+](=O)[O-])cc2)c(Cc2ccc([N+](=O)[O-])cc2)c2ccccn12)C12CC3CC(CC(C3)C1)C2. The van der Waals surface area contributed by atoms with Crippen molar-refractivity contribution >= 4 is 22.7 Å². The number of hydrogen-bond donors (Lipinski definition) is 0. The number of rotatable bonds is 7. The van der Waals surface area contributed by atoms with Crippen LogP contribution in [0.1, 0.15) is 60.1 Å². The first kappa shape index (κ1) is 24.7. The van der Waals surface area contributed by atoms with Crippen LogP contribution in [0.25, 0.3) is 16.6 Å². The van der Waals surface area contributed by atoms with Gasteiger partial charge in [-0.3, -0.25) is 25.0 Å². The average Bonchev–Trinajstić information content (AvgIpc) is 3.26. The van der Waals surface area contributed by atoms with Crippen LogP contribution in [-0.4, -0.2) is 20.0 Å². The third-order valence-corrected chi connectivity index (χ3v) is 9.58. The summed E-state index contributed by atoms with van der Waals surface area (Å²) in [6.45, 7) is 0. The maximum Gasteiger partial charge on any atom is 0.269 e. The number of pyridine rings is 1. The molecule has 0 amide bonds. The number of benzene rings is 2. The van der Waals surface area contributed by atoms with Crippen LogP contribution in [0.5, 0.6) is 0 Å². The van der Waals surface area contributed by atoms with E-state index < -0.39 is 9.85 Å². The highest BCUT2D eigenvalue weighted by atomic mass is 16.6. The standard InChI is InChI=1S/C32H29N3O5/c36-31(32-17-21-13-22(18-32)15-23(14-21)19-32)30-29(24-6-10-26(11-7-24)35(39)40)27(28-3-1-2-12-33(28)30)16-20-4-8-25(9-5-20)34(37)38/h1-12,21-23H,13-19H2. The Morgan fingerprint density at radius 1 is 0.800 bits per heavy atom. The van der Waals surface area contributed by atoms with Crippen molar-refractivity contribution < 1.29 is 14.6 Å². The number of nitro benzene ring substituents is 2. The van der Waals surface area contributed by atoms with Crippen LogP contribution in [0, 0.1) is 43.4 Å². The summed E-state index contributed by atoms with van der Waals surface area (Å²) in [4.78, 5) is 36.7. The minimum absolute atomic E-state index is 0.00149. The summed E-state index contributed by atoms with van der Waals surface area (Å²) in [6.07, 6.45) is 8.94. The first-order chi connectivity index (χ1) is 19.3. The van der Waals surface area contributed by atoms with Gasteiger partial charge in [-0.15, -0.1) is 0 Å². The Hall–Kier alpha value is -4.33. The van der Waals surface area contributed by atoms with Gasteiger partial charge in [0, 0.05) is 53.4 Å². The van der Waals surface area contributed by atoms with Crippen molar-refractivity contribution in [2.45, 2.75) is 44.9 Å². The molecule has 0 atom stereocenters. The van der Waals surface area contributed by atoms with Gasteiger partial charge in [0.25, 0.3) is 11.4 Å². The van der Waals surface area contributed by atoms with E-state index in [2.05, 4.69) is 0 Å². The maximum absolute atomic E-state index is 14.9. The van der Waals surface area contributed by atoms with Crippen molar-refractivity contribution in [1.82, 2.24) is 4.40 Å².